The molecule has 1 N–H and O–H groups in total. The Labute approximate surface area is 132 Å². The topological polar surface area (TPSA) is 55.1 Å². The van der Waals surface area contributed by atoms with E-state index in [2.05, 4.69) is 21.0 Å². The van der Waals surface area contributed by atoms with Crippen molar-refractivity contribution in [2.75, 3.05) is 0 Å². The first-order chi connectivity index (χ1) is 9.92. The Morgan fingerprint density at radius 3 is 2.43 bits per heavy atom. The van der Waals surface area contributed by atoms with E-state index >= 15 is 0 Å². The predicted molar refractivity (Wildman–Crippen MR) is 85.4 cm³/mol. The number of carboxylic acids is 1. The molecule has 1 atom stereocenters. The van der Waals surface area contributed by atoms with Crippen molar-refractivity contribution in [2.24, 2.45) is 7.05 Å². The number of carbonyl (C=O) groups is 1. The molecule has 0 aliphatic heterocycles. The number of aryl methyl sites for hydroxylation is 2. The van der Waals surface area contributed by atoms with Crippen LogP contribution in [-0.2, 0) is 23.7 Å². The van der Waals surface area contributed by atoms with Crippen molar-refractivity contribution >= 4 is 21.9 Å². The summed E-state index contributed by atoms with van der Waals surface area (Å²) in [6.45, 7) is 3.82. The lowest BCUT2D eigenvalue weighted by molar-refractivity contribution is -0.144. The molecule has 4 nitrogen and oxygen atoms in total. The minimum absolute atomic E-state index is 0.404. The van der Waals surface area contributed by atoms with Crippen molar-refractivity contribution in [2.45, 2.75) is 32.1 Å². The Morgan fingerprint density at radius 1 is 1.38 bits per heavy atom. The van der Waals surface area contributed by atoms with Gasteiger partial charge in [0.2, 0.25) is 0 Å². The number of halogens is 1. The average molecular weight is 351 g/mol. The molecule has 1 unspecified atom stereocenters. The van der Waals surface area contributed by atoms with E-state index in [1.54, 1.807) is 4.68 Å². The zero-order valence-corrected chi connectivity index (χ0v) is 14.0. The summed E-state index contributed by atoms with van der Waals surface area (Å²) in [5.41, 5.74) is 1.66. The van der Waals surface area contributed by atoms with Gasteiger partial charge in [-0.05, 0) is 34.8 Å². The van der Waals surface area contributed by atoms with Crippen molar-refractivity contribution in [3.63, 3.8) is 0 Å². The molecule has 1 aromatic heterocycles. The third-order valence-corrected chi connectivity index (χ3v) is 5.10. The maximum atomic E-state index is 12.0. The van der Waals surface area contributed by atoms with Gasteiger partial charge < -0.3 is 5.11 Å². The van der Waals surface area contributed by atoms with Crippen molar-refractivity contribution < 1.29 is 9.90 Å². The van der Waals surface area contributed by atoms with Gasteiger partial charge in [0, 0.05) is 13.5 Å². The molecule has 112 valence electrons. The number of rotatable bonds is 5. The molecular weight excluding hydrogens is 332 g/mol. The number of aromatic nitrogens is 2. The SMILES string of the molecule is CCC(Cc1c(Br)c(C)nn1C)(C(=O)O)c1ccccc1. The van der Waals surface area contributed by atoms with Crippen LogP contribution in [0.5, 0.6) is 0 Å². The third kappa shape index (κ3) is 2.75. The first-order valence-corrected chi connectivity index (χ1v) is 7.68. The number of benzene rings is 1. The lowest BCUT2D eigenvalue weighted by atomic mass is 9.74. The zero-order valence-electron chi connectivity index (χ0n) is 12.4. The first-order valence-electron chi connectivity index (χ1n) is 6.89. The molecule has 0 spiro atoms. The second-order valence-corrected chi connectivity index (χ2v) is 6.05. The second-order valence-electron chi connectivity index (χ2n) is 5.25. The minimum Gasteiger partial charge on any atom is -0.481 e. The second kappa shape index (κ2) is 6.02. The summed E-state index contributed by atoms with van der Waals surface area (Å²) in [6.07, 6.45) is 0.920. The Kier molecular flexibility index (Phi) is 4.52. The lowest BCUT2D eigenvalue weighted by Crippen LogP contribution is -2.38. The van der Waals surface area contributed by atoms with Crippen molar-refractivity contribution in [3.05, 3.63) is 51.8 Å². The predicted octanol–water partition coefficient (Wildman–Crippen LogP) is 3.47. The zero-order chi connectivity index (χ0) is 15.6. The molecule has 1 heterocycles. The Hall–Kier alpha value is -1.62. The fourth-order valence-electron chi connectivity index (χ4n) is 2.70. The smallest absolute Gasteiger partial charge is 0.314 e. The summed E-state index contributed by atoms with van der Waals surface area (Å²) in [5.74, 6) is -0.804. The maximum Gasteiger partial charge on any atom is 0.314 e. The van der Waals surface area contributed by atoms with Crippen molar-refractivity contribution in [1.82, 2.24) is 9.78 Å². The van der Waals surface area contributed by atoms with Gasteiger partial charge in [-0.2, -0.15) is 5.10 Å². The largest absolute Gasteiger partial charge is 0.481 e. The van der Waals surface area contributed by atoms with E-state index in [1.807, 2.05) is 51.2 Å². The highest BCUT2D eigenvalue weighted by Gasteiger charge is 2.40. The Morgan fingerprint density at radius 2 is 2.00 bits per heavy atom. The molecule has 1 aromatic carbocycles. The van der Waals surface area contributed by atoms with Crippen LogP contribution in [-0.4, -0.2) is 20.9 Å². The van der Waals surface area contributed by atoms with E-state index < -0.39 is 11.4 Å². The van der Waals surface area contributed by atoms with Gasteiger partial charge >= 0.3 is 5.97 Å². The summed E-state index contributed by atoms with van der Waals surface area (Å²) in [7, 11) is 1.85. The van der Waals surface area contributed by atoms with Crippen LogP contribution in [0.2, 0.25) is 0 Å². The first kappa shape index (κ1) is 15.8. The average Bonchev–Trinajstić information content (AvgIpc) is 2.71. The molecule has 0 radical (unpaired) electrons. The molecule has 0 fully saturated rings. The normalized spacial score (nSPS) is 13.9. The molecule has 0 saturated carbocycles. The molecule has 0 amide bonds. The molecule has 21 heavy (non-hydrogen) atoms. The highest BCUT2D eigenvalue weighted by Crippen LogP contribution is 2.35. The summed E-state index contributed by atoms with van der Waals surface area (Å²) in [5, 5.41) is 14.2. The highest BCUT2D eigenvalue weighted by molar-refractivity contribution is 9.10. The van der Waals surface area contributed by atoms with E-state index in [9.17, 15) is 9.90 Å². The van der Waals surface area contributed by atoms with Crippen LogP contribution in [0.1, 0.15) is 30.3 Å². The molecular formula is C16H19BrN2O2. The number of nitrogens with zero attached hydrogens (tertiary/aromatic N) is 2. The van der Waals surface area contributed by atoms with Crippen molar-refractivity contribution in [3.8, 4) is 0 Å². The Bertz CT molecular complexity index is 652. The van der Waals surface area contributed by atoms with Crippen LogP contribution in [0.15, 0.2) is 34.8 Å². The molecule has 0 bridgehead atoms. The summed E-state index contributed by atoms with van der Waals surface area (Å²) in [4.78, 5) is 12.0. The lowest BCUT2D eigenvalue weighted by Gasteiger charge is -2.29. The fourth-order valence-corrected chi connectivity index (χ4v) is 3.17. The van der Waals surface area contributed by atoms with Gasteiger partial charge in [-0.1, -0.05) is 37.3 Å². The minimum atomic E-state index is -0.940. The van der Waals surface area contributed by atoms with E-state index in [0.29, 0.717) is 12.8 Å². The third-order valence-electron chi connectivity index (χ3n) is 4.07. The van der Waals surface area contributed by atoms with Gasteiger partial charge in [0.15, 0.2) is 0 Å². The van der Waals surface area contributed by atoms with Crippen LogP contribution < -0.4 is 0 Å². The summed E-state index contributed by atoms with van der Waals surface area (Å²) in [6, 6.07) is 9.43. The van der Waals surface area contributed by atoms with Gasteiger partial charge in [-0.15, -0.1) is 0 Å². The number of hydrogen-bond acceptors (Lipinski definition) is 2. The van der Waals surface area contributed by atoms with Crippen LogP contribution in [0, 0.1) is 6.92 Å². The summed E-state index contributed by atoms with van der Waals surface area (Å²) < 4.78 is 2.65. The van der Waals surface area contributed by atoms with Crippen LogP contribution >= 0.6 is 15.9 Å². The molecule has 0 aliphatic rings. The van der Waals surface area contributed by atoms with Gasteiger partial charge in [0.25, 0.3) is 0 Å². The van der Waals surface area contributed by atoms with E-state index in [-0.39, 0.29) is 0 Å². The van der Waals surface area contributed by atoms with E-state index in [1.165, 1.54) is 0 Å². The van der Waals surface area contributed by atoms with Crippen molar-refractivity contribution in [1.29, 1.82) is 0 Å². The molecule has 0 aliphatic carbocycles. The molecule has 2 rings (SSSR count). The monoisotopic (exact) mass is 350 g/mol. The number of carboxylic acid groups (broad SMARTS) is 1. The van der Waals surface area contributed by atoms with Gasteiger partial charge in [-0.3, -0.25) is 9.48 Å². The van der Waals surface area contributed by atoms with Crippen LogP contribution in [0.3, 0.4) is 0 Å². The Balaban J connectivity index is 2.54. The molecule has 5 heteroatoms. The van der Waals surface area contributed by atoms with Crippen LogP contribution in [0.4, 0.5) is 0 Å². The van der Waals surface area contributed by atoms with Gasteiger partial charge in [0.05, 0.1) is 21.3 Å². The van der Waals surface area contributed by atoms with Crippen LogP contribution in [0.25, 0.3) is 0 Å². The number of hydrogen-bond donors (Lipinski definition) is 1. The maximum absolute atomic E-state index is 12.0. The molecule has 0 saturated heterocycles. The standard InChI is InChI=1S/C16H19BrN2O2/c1-4-16(15(20)21,12-8-6-5-7-9-12)10-13-14(17)11(2)18-19(13)3/h5-9H,4,10H2,1-3H3,(H,20,21). The van der Waals surface area contributed by atoms with Gasteiger partial charge in [0.1, 0.15) is 0 Å². The van der Waals surface area contributed by atoms with Gasteiger partial charge in [-0.25, -0.2) is 0 Å². The summed E-state index contributed by atoms with van der Waals surface area (Å²) >= 11 is 3.53. The van der Waals surface area contributed by atoms with E-state index in [0.717, 1.165) is 21.4 Å². The van der Waals surface area contributed by atoms with E-state index in [4.69, 9.17) is 0 Å². The molecule has 2 aromatic rings. The number of aliphatic carboxylic acids is 1. The highest BCUT2D eigenvalue weighted by atomic mass is 79.9. The fraction of sp³-hybridized carbons (Fsp3) is 0.375. The quantitative estimate of drug-likeness (QED) is 0.898.